The van der Waals surface area contributed by atoms with Crippen LogP contribution in [0.4, 0.5) is 10.2 Å². The van der Waals surface area contributed by atoms with Gasteiger partial charge in [0.15, 0.2) is 6.17 Å². The van der Waals surface area contributed by atoms with E-state index in [9.17, 15) is 14.0 Å². The van der Waals surface area contributed by atoms with Gasteiger partial charge in [0.25, 0.3) is 0 Å². The van der Waals surface area contributed by atoms with Gasteiger partial charge in [-0.25, -0.2) is 9.37 Å². The van der Waals surface area contributed by atoms with Crippen LogP contribution in [0.5, 0.6) is 5.75 Å². The number of carbonyl (C=O) groups excluding carboxylic acids is 2. The summed E-state index contributed by atoms with van der Waals surface area (Å²) in [5.74, 6) is 0.656. The first-order chi connectivity index (χ1) is 17.8. The van der Waals surface area contributed by atoms with Crippen LogP contribution in [0.15, 0.2) is 48.9 Å². The number of aromatic nitrogens is 3. The quantitative estimate of drug-likeness (QED) is 0.509. The third kappa shape index (κ3) is 5.48. The van der Waals surface area contributed by atoms with E-state index in [-0.39, 0.29) is 24.3 Å². The van der Waals surface area contributed by atoms with Gasteiger partial charge in [0.2, 0.25) is 11.8 Å². The van der Waals surface area contributed by atoms with Crippen molar-refractivity contribution in [1.82, 2.24) is 19.7 Å². The molecule has 2 aromatic heterocycles. The van der Waals surface area contributed by atoms with Crippen molar-refractivity contribution < 1.29 is 23.8 Å². The van der Waals surface area contributed by atoms with Crippen LogP contribution in [0.2, 0.25) is 0 Å². The lowest BCUT2D eigenvalue weighted by atomic mass is 10.0. The number of anilines is 1. The maximum absolute atomic E-state index is 14.6. The molecule has 1 aliphatic heterocycles. The van der Waals surface area contributed by atoms with Crippen molar-refractivity contribution in [1.29, 1.82) is 0 Å². The number of benzene rings is 1. The minimum Gasteiger partial charge on any atom is -0.487 e. The zero-order valence-corrected chi connectivity index (χ0v) is 20.8. The number of alkyl halides is 1. The van der Waals surface area contributed by atoms with Crippen molar-refractivity contribution in [2.75, 3.05) is 25.0 Å². The van der Waals surface area contributed by atoms with E-state index in [1.807, 2.05) is 50.5 Å². The molecular formula is C27H30FN5O4. The van der Waals surface area contributed by atoms with Gasteiger partial charge >= 0.3 is 0 Å². The molecule has 2 unspecified atom stereocenters. The van der Waals surface area contributed by atoms with Gasteiger partial charge in [0.05, 0.1) is 12.7 Å². The molecule has 1 aliphatic carbocycles. The number of hydrogen-bond donors (Lipinski definition) is 2. The third-order valence-corrected chi connectivity index (χ3v) is 7.05. The number of nitrogens with one attached hydrogen (secondary N) is 1. The molecule has 0 radical (unpaired) electrons. The number of aliphatic hydroxyl groups excluding tert-OH is 1. The number of aliphatic hydroxyl groups is 1. The summed E-state index contributed by atoms with van der Waals surface area (Å²) in [5.41, 5.74) is 3.73. The number of nitrogens with zero attached hydrogens (tertiary/aromatic N) is 4. The van der Waals surface area contributed by atoms with E-state index in [1.54, 1.807) is 17.1 Å². The summed E-state index contributed by atoms with van der Waals surface area (Å²) < 4.78 is 22.3. The van der Waals surface area contributed by atoms with Crippen molar-refractivity contribution in [3.8, 4) is 16.9 Å². The van der Waals surface area contributed by atoms with Crippen molar-refractivity contribution in [3.63, 3.8) is 0 Å². The normalized spacial score (nSPS) is 23.0. The van der Waals surface area contributed by atoms with Gasteiger partial charge in [-0.05, 0) is 65.8 Å². The summed E-state index contributed by atoms with van der Waals surface area (Å²) in [6.45, 7) is 1.53. The Bertz CT molecular complexity index is 1310. The van der Waals surface area contributed by atoms with Gasteiger partial charge in [-0.15, -0.1) is 0 Å². The summed E-state index contributed by atoms with van der Waals surface area (Å²) >= 11 is 0. The Morgan fingerprint density at radius 2 is 2.05 bits per heavy atom. The molecule has 10 heteroatoms. The molecule has 3 heterocycles. The van der Waals surface area contributed by atoms with Gasteiger partial charge in [0.1, 0.15) is 24.3 Å². The average molecular weight is 508 g/mol. The number of aryl methyl sites for hydroxylation is 2. The predicted molar refractivity (Wildman–Crippen MR) is 135 cm³/mol. The van der Waals surface area contributed by atoms with Gasteiger partial charge in [0, 0.05) is 38.3 Å². The van der Waals surface area contributed by atoms with Crippen LogP contribution in [-0.4, -0.2) is 68.6 Å². The fourth-order valence-electron chi connectivity index (χ4n) is 4.85. The largest absolute Gasteiger partial charge is 0.487 e. The molecule has 3 aromatic rings. The van der Waals surface area contributed by atoms with Gasteiger partial charge < -0.3 is 20.1 Å². The van der Waals surface area contributed by atoms with E-state index < -0.39 is 24.8 Å². The molecule has 9 nitrogen and oxygen atoms in total. The Hall–Kier alpha value is -3.79. The monoisotopic (exact) mass is 507 g/mol. The van der Waals surface area contributed by atoms with E-state index in [2.05, 4.69) is 15.4 Å². The summed E-state index contributed by atoms with van der Waals surface area (Å²) in [5, 5.41) is 16.1. The van der Waals surface area contributed by atoms with Gasteiger partial charge in [-0.3, -0.25) is 14.3 Å². The summed E-state index contributed by atoms with van der Waals surface area (Å²) in [6, 6.07) is 9.35. The van der Waals surface area contributed by atoms with E-state index in [0.29, 0.717) is 24.5 Å². The van der Waals surface area contributed by atoms with Crippen molar-refractivity contribution >= 4 is 17.6 Å². The van der Waals surface area contributed by atoms with Crippen molar-refractivity contribution in [2.45, 2.75) is 38.0 Å². The predicted octanol–water partition coefficient (Wildman–Crippen LogP) is 2.84. The molecule has 1 saturated heterocycles. The molecule has 2 amide bonds. The molecule has 37 heavy (non-hydrogen) atoms. The van der Waals surface area contributed by atoms with Crippen LogP contribution in [-0.2, 0) is 16.6 Å². The fourth-order valence-corrected chi connectivity index (χ4v) is 4.85. The zero-order chi connectivity index (χ0) is 26.1. The topological polar surface area (TPSA) is 110 Å². The van der Waals surface area contributed by atoms with Crippen LogP contribution in [0, 0.1) is 12.8 Å². The van der Waals surface area contributed by atoms with Crippen LogP contribution >= 0.6 is 0 Å². The molecule has 1 aromatic carbocycles. The number of piperidine rings is 1. The number of pyridine rings is 1. The Morgan fingerprint density at radius 3 is 2.76 bits per heavy atom. The molecule has 4 atom stereocenters. The second kappa shape index (κ2) is 10.3. The van der Waals surface area contributed by atoms with Crippen LogP contribution < -0.4 is 10.1 Å². The first-order valence-corrected chi connectivity index (χ1v) is 12.4. The van der Waals surface area contributed by atoms with Crippen molar-refractivity contribution in [2.24, 2.45) is 13.0 Å². The number of carbonyl (C=O) groups is 2. The van der Waals surface area contributed by atoms with E-state index in [1.165, 1.54) is 4.90 Å². The highest BCUT2D eigenvalue weighted by Gasteiger charge is 2.44. The molecule has 5 rings (SSSR count). The number of likely N-dealkylation sites (tertiary alicyclic amines) is 1. The lowest BCUT2D eigenvalue weighted by Crippen LogP contribution is -2.50. The number of hydrogen-bond acceptors (Lipinski definition) is 6. The molecular weight excluding hydrogens is 477 g/mol. The van der Waals surface area contributed by atoms with Crippen LogP contribution in [0.1, 0.15) is 29.9 Å². The minimum absolute atomic E-state index is 0.0501. The minimum atomic E-state index is -1.33. The molecule has 2 fully saturated rings. The maximum atomic E-state index is 14.6. The lowest BCUT2D eigenvalue weighted by Gasteiger charge is -2.34. The van der Waals surface area contributed by atoms with Crippen LogP contribution in [0.25, 0.3) is 11.1 Å². The molecule has 1 saturated carbocycles. The number of ether oxygens (including phenoxy) is 1. The van der Waals surface area contributed by atoms with Gasteiger partial charge in [-0.1, -0.05) is 6.07 Å². The third-order valence-electron chi connectivity index (χ3n) is 7.05. The van der Waals surface area contributed by atoms with E-state index in [4.69, 9.17) is 9.84 Å². The Balaban J connectivity index is 1.21. The average Bonchev–Trinajstić information content (AvgIpc) is 3.59. The second-order valence-electron chi connectivity index (χ2n) is 9.75. The SMILES string of the molecule is Cc1cc(-c2ccnc(NC(=O)C3CC3c3cnn(C)c3)c2)ccc1O[C@H]1CCN(C(=O)CO)C[C@H]1F. The lowest BCUT2D eigenvalue weighted by molar-refractivity contribution is -0.138. The standard InChI is InChI=1S/C27H30FN5O4/c1-16-9-17(3-4-23(16)37-24-6-8-33(14-22(24)28)26(35)15-34)18-5-7-29-25(10-18)31-27(36)21-11-20(21)19-12-30-32(2)13-19/h3-5,7,9-10,12-13,20-22,24,34H,6,8,11,14-15H2,1-2H3,(H,29,31,36)/t20?,21?,22-,24+/m1/s1. The molecule has 194 valence electrons. The van der Waals surface area contributed by atoms with Crippen molar-refractivity contribution in [3.05, 3.63) is 60.0 Å². The highest BCUT2D eigenvalue weighted by Crippen LogP contribution is 2.47. The van der Waals surface area contributed by atoms with E-state index in [0.717, 1.165) is 28.7 Å². The zero-order valence-electron chi connectivity index (χ0n) is 20.8. The highest BCUT2D eigenvalue weighted by atomic mass is 19.1. The molecule has 2 N–H and O–H groups in total. The summed E-state index contributed by atoms with van der Waals surface area (Å²) in [4.78, 5) is 30.0. The molecule has 0 spiro atoms. The first-order valence-electron chi connectivity index (χ1n) is 12.4. The smallest absolute Gasteiger partial charge is 0.248 e. The fraction of sp³-hybridized carbons (Fsp3) is 0.407. The maximum Gasteiger partial charge on any atom is 0.248 e. The second-order valence-corrected chi connectivity index (χ2v) is 9.75. The Kier molecular flexibility index (Phi) is 6.92. The number of rotatable bonds is 7. The first kappa shape index (κ1) is 24.9. The number of amides is 2. The summed E-state index contributed by atoms with van der Waals surface area (Å²) in [6.07, 6.45) is 4.57. The van der Waals surface area contributed by atoms with Crippen LogP contribution in [0.3, 0.4) is 0 Å². The Morgan fingerprint density at radius 1 is 1.24 bits per heavy atom. The highest BCUT2D eigenvalue weighted by molar-refractivity contribution is 5.95. The molecule has 2 aliphatic rings. The Labute approximate surface area is 214 Å². The summed E-state index contributed by atoms with van der Waals surface area (Å²) in [7, 11) is 1.86. The molecule has 0 bridgehead atoms. The number of halogens is 1. The van der Waals surface area contributed by atoms with E-state index >= 15 is 0 Å². The van der Waals surface area contributed by atoms with Gasteiger partial charge in [-0.2, -0.15) is 5.10 Å².